The van der Waals surface area contributed by atoms with Crippen molar-refractivity contribution < 1.29 is 13.9 Å². The Balaban J connectivity index is 1.85. The van der Waals surface area contributed by atoms with E-state index in [4.69, 9.17) is 4.74 Å². The Morgan fingerprint density at radius 2 is 2.26 bits per heavy atom. The number of benzene rings is 1. The van der Waals surface area contributed by atoms with Crippen molar-refractivity contribution in [2.45, 2.75) is 25.9 Å². The van der Waals surface area contributed by atoms with E-state index in [1.165, 1.54) is 6.07 Å². The average molecular weight is 265 g/mol. The van der Waals surface area contributed by atoms with E-state index in [1.807, 2.05) is 0 Å². The van der Waals surface area contributed by atoms with Gasteiger partial charge in [-0.05, 0) is 18.6 Å². The number of ketones is 1. The van der Waals surface area contributed by atoms with Gasteiger partial charge in [0.1, 0.15) is 5.82 Å². The molecule has 2 rings (SSSR count). The summed E-state index contributed by atoms with van der Waals surface area (Å²) in [5.41, 5.74) is 0.197. The number of hydrogen-bond acceptors (Lipinski definition) is 3. The quantitative estimate of drug-likeness (QED) is 0.766. The lowest BCUT2D eigenvalue weighted by molar-refractivity contribution is -0.0293. The number of morpholine rings is 1. The van der Waals surface area contributed by atoms with Crippen molar-refractivity contribution in [1.82, 2.24) is 4.90 Å². The van der Waals surface area contributed by atoms with E-state index in [9.17, 15) is 9.18 Å². The van der Waals surface area contributed by atoms with Crippen LogP contribution < -0.4 is 0 Å². The normalized spacial score (nSPS) is 20.4. The molecule has 1 aliphatic heterocycles. The second-order valence-electron chi connectivity index (χ2n) is 4.85. The minimum atomic E-state index is -0.430. The number of carbonyl (C=O) groups excluding carboxylic acids is 1. The van der Waals surface area contributed by atoms with Crippen LogP contribution in [0.2, 0.25) is 0 Å². The first-order valence-corrected chi connectivity index (χ1v) is 6.82. The predicted octanol–water partition coefficient (Wildman–Crippen LogP) is 2.51. The van der Waals surface area contributed by atoms with Crippen LogP contribution in [0.3, 0.4) is 0 Å². The molecule has 1 aromatic carbocycles. The zero-order valence-corrected chi connectivity index (χ0v) is 11.3. The number of nitrogens with zero attached hydrogens (tertiary/aromatic N) is 1. The molecule has 0 aliphatic carbocycles. The van der Waals surface area contributed by atoms with Crippen LogP contribution >= 0.6 is 0 Å². The van der Waals surface area contributed by atoms with E-state index >= 15 is 0 Å². The number of halogens is 1. The second kappa shape index (κ2) is 6.78. The Kier molecular flexibility index (Phi) is 5.05. The predicted molar refractivity (Wildman–Crippen MR) is 71.8 cm³/mol. The summed E-state index contributed by atoms with van der Waals surface area (Å²) in [6, 6.07) is 6.17. The van der Waals surface area contributed by atoms with Crippen LogP contribution in [-0.4, -0.2) is 43.0 Å². The van der Waals surface area contributed by atoms with Crippen molar-refractivity contribution in [3.05, 3.63) is 35.6 Å². The maximum absolute atomic E-state index is 13.5. The molecule has 1 unspecified atom stereocenters. The number of carbonyl (C=O) groups is 1. The summed E-state index contributed by atoms with van der Waals surface area (Å²) < 4.78 is 19.0. The molecule has 0 spiro atoms. The van der Waals surface area contributed by atoms with Gasteiger partial charge >= 0.3 is 0 Å². The fraction of sp³-hybridized carbons (Fsp3) is 0.533. The van der Waals surface area contributed by atoms with Crippen molar-refractivity contribution in [2.75, 3.05) is 26.2 Å². The van der Waals surface area contributed by atoms with Gasteiger partial charge in [-0.1, -0.05) is 19.1 Å². The molecular formula is C15H20FNO2. The van der Waals surface area contributed by atoms with Crippen LogP contribution in [0.4, 0.5) is 4.39 Å². The highest BCUT2D eigenvalue weighted by Gasteiger charge is 2.20. The molecule has 1 fully saturated rings. The highest BCUT2D eigenvalue weighted by atomic mass is 19.1. The van der Waals surface area contributed by atoms with Gasteiger partial charge in [0.05, 0.1) is 18.3 Å². The van der Waals surface area contributed by atoms with Gasteiger partial charge in [0.25, 0.3) is 0 Å². The summed E-state index contributed by atoms with van der Waals surface area (Å²) in [6.07, 6.45) is 1.60. The molecule has 1 saturated heterocycles. The Bertz CT molecular complexity index is 436. The zero-order valence-electron chi connectivity index (χ0n) is 11.3. The van der Waals surface area contributed by atoms with Crippen molar-refractivity contribution in [3.63, 3.8) is 0 Å². The van der Waals surface area contributed by atoms with Gasteiger partial charge in [-0.15, -0.1) is 0 Å². The van der Waals surface area contributed by atoms with Crippen LogP contribution in [-0.2, 0) is 4.74 Å². The van der Waals surface area contributed by atoms with Crippen molar-refractivity contribution in [3.8, 4) is 0 Å². The molecule has 0 saturated carbocycles. The van der Waals surface area contributed by atoms with E-state index in [0.717, 1.165) is 19.5 Å². The van der Waals surface area contributed by atoms with Crippen LogP contribution in [0.1, 0.15) is 30.1 Å². The van der Waals surface area contributed by atoms with Gasteiger partial charge in [-0.2, -0.15) is 0 Å². The summed E-state index contributed by atoms with van der Waals surface area (Å²) in [5.74, 6) is -0.557. The Morgan fingerprint density at radius 1 is 1.47 bits per heavy atom. The summed E-state index contributed by atoms with van der Waals surface area (Å²) in [7, 11) is 0. The Morgan fingerprint density at radius 3 is 3.00 bits per heavy atom. The second-order valence-corrected chi connectivity index (χ2v) is 4.85. The maximum Gasteiger partial charge on any atom is 0.167 e. The SMILES string of the molecule is CCC1CN(CCC(=O)c2ccccc2F)CCO1. The Hall–Kier alpha value is -1.26. The van der Waals surface area contributed by atoms with Gasteiger partial charge in [-0.25, -0.2) is 4.39 Å². The van der Waals surface area contributed by atoms with Gasteiger partial charge in [0.15, 0.2) is 5.78 Å². The van der Waals surface area contributed by atoms with Crippen molar-refractivity contribution in [1.29, 1.82) is 0 Å². The van der Waals surface area contributed by atoms with Crippen molar-refractivity contribution in [2.24, 2.45) is 0 Å². The fourth-order valence-electron chi connectivity index (χ4n) is 2.31. The van der Waals surface area contributed by atoms with E-state index in [-0.39, 0.29) is 17.5 Å². The lowest BCUT2D eigenvalue weighted by atomic mass is 10.1. The summed E-state index contributed by atoms with van der Waals surface area (Å²) >= 11 is 0. The van der Waals surface area contributed by atoms with E-state index in [1.54, 1.807) is 18.2 Å². The molecule has 1 aliphatic rings. The molecule has 19 heavy (non-hydrogen) atoms. The molecule has 3 nitrogen and oxygen atoms in total. The smallest absolute Gasteiger partial charge is 0.167 e. The average Bonchev–Trinajstić information content (AvgIpc) is 2.45. The number of rotatable bonds is 5. The van der Waals surface area contributed by atoms with Crippen LogP contribution in [0.25, 0.3) is 0 Å². The molecule has 0 aromatic heterocycles. The third kappa shape index (κ3) is 3.85. The third-order valence-electron chi connectivity index (χ3n) is 3.51. The maximum atomic E-state index is 13.5. The summed E-state index contributed by atoms with van der Waals surface area (Å²) in [4.78, 5) is 14.2. The lowest BCUT2D eigenvalue weighted by Crippen LogP contribution is -2.42. The number of ether oxygens (including phenoxy) is 1. The monoisotopic (exact) mass is 265 g/mol. The van der Waals surface area contributed by atoms with Gasteiger partial charge in [-0.3, -0.25) is 9.69 Å². The van der Waals surface area contributed by atoms with E-state index < -0.39 is 5.82 Å². The van der Waals surface area contributed by atoms with Crippen LogP contribution in [0.5, 0.6) is 0 Å². The summed E-state index contributed by atoms with van der Waals surface area (Å²) in [6.45, 7) is 5.19. The minimum absolute atomic E-state index is 0.127. The topological polar surface area (TPSA) is 29.5 Å². The molecular weight excluding hydrogens is 245 g/mol. The Labute approximate surface area is 113 Å². The largest absolute Gasteiger partial charge is 0.376 e. The first kappa shape index (κ1) is 14.2. The fourth-order valence-corrected chi connectivity index (χ4v) is 2.31. The number of Topliss-reactive ketones (excluding diaryl/α,β-unsaturated/α-hetero) is 1. The van der Waals surface area contributed by atoms with Crippen LogP contribution in [0.15, 0.2) is 24.3 Å². The standard InChI is InChI=1S/C15H20FNO2/c1-2-12-11-17(9-10-19-12)8-7-15(18)13-5-3-4-6-14(13)16/h3-6,12H,2,7-11H2,1H3. The zero-order chi connectivity index (χ0) is 13.7. The molecule has 1 heterocycles. The number of hydrogen-bond donors (Lipinski definition) is 0. The molecule has 0 N–H and O–H groups in total. The molecule has 4 heteroatoms. The van der Waals surface area contributed by atoms with E-state index in [2.05, 4.69) is 11.8 Å². The third-order valence-corrected chi connectivity index (χ3v) is 3.51. The molecule has 0 bridgehead atoms. The molecule has 1 atom stereocenters. The van der Waals surface area contributed by atoms with Gasteiger partial charge in [0, 0.05) is 26.1 Å². The first-order valence-electron chi connectivity index (χ1n) is 6.82. The lowest BCUT2D eigenvalue weighted by Gasteiger charge is -2.32. The minimum Gasteiger partial charge on any atom is -0.376 e. The molecule has 0 amide bonds. The van der Waals surface area contributed by atoms with Crippen LogP contribution in [0, 0.1) is 5.82 Å². The van der Waals surface area contributed by atoms with Crippen molar-refractivity contribution >= 4 is 5.78 Å². The molecule has 104 valence electrons. The summed E-state index contributed by atoms with van der Waals surface area (Å²) in [5, 5.41) is 0. The first-order chi connectivity index (χ1) is 9.20. The van der Waals surface area contributed by atoms with Gasteiger partial charge in [0.2, 0.25) is 0 Å². The van der Waals surface area contributed by atoms with Gasteiger partial charge < -0.3 is 4.74 Å². The molecule has 1 aromatic rings. The van der Waals surface area contributed by atoms with E-state index in [0.29, 0.717) is 19.6 Å². The molecule has 0 radical (unpaired) electrons. The highest BCUT2D eigenvalue weighted by molar-refractivity contribution is 5.96. The highest BCUT2D eigenvalue weighted by Crippen LogP contribution is 2.12.